The number of nitrogens with one attached hydrogen (secondary N) is 1. The Hall–Kier alpha value is -0.660. The maximum absolute atomic E-state index is 11.1. The Kier molecular flexibility index (Phi) is 3.69. The Balaban J connectivity index is 2.63. The smallest absolute Gasteiger partial charge is 0.320 e. The largest absolute Gasteiger partial charge is 0.480 e. The van der Waals surface area contributed by atoms with Crippen LogP contribution in [-0.2, 0) is 14.6 Å². The molecule has 1 aliphatic heterocycles. The minimum Gasteiger partial charge on any atom is -0.480 e. The molecule has 0 spiro atoms. The molecule has 15 heavy (non-hydrogen) atoms. The van der Waals surface area contributed by atoms with Crippen LogP contribution in [0.15, 0.2) is 0 Å². The first kappa shape index (κ1) is 12.4. The summed E-state index contributed by atoms with van der Waals surface area (Å²) in [5.74, 6) is -1.52. The van der Waals surface area contributed by atoms with E-state index in [9.17, 15) is 18.3 Å². The van der Waals surface area contributed by atoms with Crippen LogP contribution in [0.1, 0.15) is 13.3 Å². The minimum absolute atomic E-state index is 0.196. The molecule has 1 heterocycles. The number of aliphatic hydroxyl groups excluding tert-OH is 1. The number of hydrogen-bond donors (Lipinski definition) is 3. The van der Waals surface area contributed by atoms with Crippen molar-refractivity contribution in [2.24, 2.45) is 0 Å². The maximum atomic E-state index is 11.1. The normalized spacial score (nSPS) is 31.3. The van der Waals surface area contributed by atoms with Gasteiger partial charge in [-0.2, -0.15) is 0 Å². The van der Waals surface area contributed by atoms with E-state index in [1.165, 1.54) is 0 Å². The van der Waals surface area contributed by atoms with Crippen LogP contribution in [0.25, 0.3) is 0 Å². The number of carbonyl (C=O) groups is 1. The van der Waals surface area contributed by atoms with Crippen LogP contribution < -0.4 is 5.32 Å². The molecule has 1 rings (SSSR count). The summed E-state index contributed by atoms with van der Waals surface area (Å²) in [5.41, 5.74) is 0. The van der Waals surface area contributed by atoms with E-state index in [4.69, 9.17) is 5.11 Å². The standard InChI is InChI=1S/C8H15NO5S/c1-2-5(8(11)12)9-6-3-15(13,14)4-7(6)10/h5-7,9-10H,2-4H2,1H3,(H,11,12)/t5-,6-,7+/m0/s1. The molecule has 6 nitrogen and oxygen atoms in total. The van der Waals surface area contributed by atoms with Gasteiger partial charge in [0.2, 0.25) is 0 Å². The van der Waals surface area contributed by atoms with Crippen molar-refractivity contribution in [3.05, 3.63) is 0 Å². The molecule has 88 valence electrons. The fourth-order valence-corrected chi connectivity index (χ4v) is 3.36. The van der Waals surface area contributed by atoms with Crippen LogP contribution in [0.2, 0.25) is 0 Å². The average Bonchev–Trinajstić information content (AvgIpc) is 2.34. The van der Waals surface area contributed by atoms with Gasteiger partial charge >= 0.3 is 5.97 Å². The third-order valence-corrected chi connectivity index (χ3v) is 4.16. The van der Waals surface area contributed by atoms with Crippen LogP contribution in [0, 0.1) is 0 Å². The third kappa shape index (κ3) is 3.15. The summed E-state index contributed by atoms with van der Waals surface area (Å²) in [6, 6.07) is -1.48. The summed E-state index contributed by atoms with van der Waals surface area (Å²) in [6.45, 7) is 1.68. The first-order chi connectivity index (χ1) is 6.85. The van der Waals surface area contributed by atoms with Gasteiger partial charge in [0, 0.05) is 6.04 Å². The SMILES string of the molecule is CC[C@H](N[C@H]1CS(=O)(=O)C[C@H]1O)C(=O)O. The van der Waals surface area contributed by atoms with Crippen LogP contribution in [0.4, 0.5) is 0 Å². The lowest BCUT2D eigenvalue weighted by Crippen LogP contribution is -2.48. The zero-order chi connectivity index (χ0) is 11.6. The first-order valence-corrected chi connectivity index (χ1v) is 6.55. The predicted octanol–water partition coefficient (Wildman–Crippen LogP) is -1.40. The van der Waals surface area contributed by atoms with Gasteiger partial charge in [0.15, 0.2) is 9.84 Å². The monoisotopic (exact) mass is 237 g/mol. The van der Waals surface area contributed by atoms with Crippen molar-refractivity contribution in [1.29, 1.82) is 0 Å². The summed E-state index contributed by atoms with van der Waals surface area (Å²) in [6.07, 6.45) is -0.665. The van der Waals surface area contributed by atoms with Crippen molar-refractivity contribution >= 4 is 15.8 Å². The van der Waals surface area contributed by atoms with Gasteiger partial charge in [-0.3, -0.25) is 10.1 Å². The van der Waals surface area contributed by atoms with Gasteiger partial charge in [0.1, 0.15) is 6.04 Å². The van der Waals surface area contributed by atoms with E-state index in [1.54, 1.807) is 6.92 Å². The fourth-order valence-electron chi connectivity index (χ4n) is 1.61. The lowest BCUT2D eigenvalue weighted by Gasteiger charge is -2.19. The van der Waals surface area contributed by atoms with E-state index in [0.29, 0.717) is 6.42 Å². The molecule has 0 amide bonds. The second-order valence-electron chi connectivity index (χ2n) is 3.72. The zero-order valence-corrected chi connectivity index (χ0v) is 9.20. The number of rotatable bonds is 4. The highest BCUT2D eigenvalue weighted by atomic mass is 32.2. The Morgan fingerprint density at radius 2 is 2.13 bits per heavy atom. The summed E-state index contributed by atoms with van der Waals surface area (Å²) >= 11 is 0. The zero-order valence-electron chi connectivity index (χ0n) is 8.38. The van der Waals surface area contributed by atoms with Crippen LogP contribution in [0.5, 0.6) is 0 Å². The first-order valence-electron chi connectivity index (χ1n) is 4.73. The van der Waals surface area contributed by atoms with E-state index in [2.05, 4.69) is 5.32 Å². The molecular formula is C8H15NO5S. The quantitative estimate of drug-likeness (QED) is 0.555. The number of hydrogen-bond acceptors (Lipinski definition) is 5. The van der Waals surface area contributed by atoms with Crippen molar-refractivity contribution in [1.82, 2.24) is 5.32 Å². The molecule has 0 saturated carbocycles. The van der Waals surface area contributed by atoms with Crippen molar-refractivity contribution in [2.45, 2.75) is 31.5 Å². The molecule has 0 aromatic heterocycles. The van der Waals surface area contributed by atoms with Crippen LogP contribution in [-0.4, -0.2) is 54.3 Å². The van der Waals surface area contributed by atoms with Gasteiger partial charge in [-0.1, -0.05) is 6.92 Å². The number of aliphatic hydroxyl groups is 1. The Morgan fingerprint density at radius 3 is 2.47 bits per heavy atom. The summed E-state index contributed by atoms with van der Waals surface area (Å²) in [5, 5.41) is 20.8. The van der Waals surface area contributed by atoms with E-state index in [-0.39, 0.29) is 11.5 Å². The Morgan fingerprint density at radius 1 is 1.53 bits per heavy atom. The predicted molar refractivity (Wildman–Crippen MR) is 53.3 cm³/mol. The van der Waals surface area contributed by atoms with E-state index in [0.717, 1.165) is 0 Å². The molecule has 0 aromatic rings. The van der Waals surface area contributed by atoms with Crippen molar-refractivity contribution in [3.63, 3.8) is 0 Å². The molecular weight excluding hydrogens is 222 g/mol. The highest BCUT2D eigenvalue weighted by Crippen LogP contribution is 2.13. The highest BCUT2D eigenvalue weighted by Gasteiger charge is 2.38. The number of aliphatic carboxylic acids is 1. The van der Waals surface area contributed by atoms with Crippen LogP contribution in [0.3, 0.4) is 0 Å². The minimum atomic E-state index is -3.23. The Labute approximate surface area is 88.2 Å². The van der Waals surface area contributed by atoms with Gasteiger partial charge in [0.25, 0.3) is 0 Å². The third-order valence-electron chi connectivity index (χ3n) is 2.44. The molecule has 0 unspecified atom stereocenters. The fraction of sp³-hybridized carbons (Fsp3) is 0.875. The molecule has 0 aromatic carbocycles. The molecule has 7 heteroatoms. The van der Waals surface area contributed by atoms with Gasteiger partial charge < -0.3 is 10.2 Å². The molecule has 1 fully saturated rings. The van der Waals surface area contributed by atoms with Gasteiger partial charge in [-0.15, -0.1) is 0 Å². The van der Waals surface area contributed by atoms with Crippen LogP contribution >= 0.6 is 0 Å². The molecule has 1 aliphatic rings. The van der Waals surface area contributed by atoms with Crippen molar-refractivity contribution < 1.29 is 23.4 Å². The molecule has 1 saturated heterocycles. The summed E-state index contributed by atoms with van der Waals surface area (Å²) in [4.78, 5) is 10.7. The van der Waals surface area contributed by atoms with Crippen molar-refractivity contribution in [3.8, 4) is 0 Å². The summed E-state index contributed by atoms with van der Waals surface area (Å²) in [7, 11) is -3.23. The number of carboxylic acid groups (broad SMARTS) is 1. The topological polar surface area (TPSA) is 104 Å². The maximum Gasteiger partial charge on any atom is 0.320 e. The highest BCUT2D eigenvalue weighted by molar-refractivity contribution is 7.91. The Bertz CT molecular complexity index is 339. The average molecular weight is 237 g/mol. The van der Waals surface area contributed by atoms with Gasteiger partial charge in [-0.25, -0.2) is 8.42 Å². The molecule has 0 radical (unpaired) electrons. The molecule has 3 atom stereocenters. The van der Waals surface area contributed by atoms with E-state index >= 15 is 0 Å². The second kappa shape index (κ2) is 4.46. The number of carboxylic acids is 1. The van der Waals surface area contributed by atoms with Gasteiger partial charge in [-0.05, 0) is 6.42 Å². The molecule has 3 N–H and O–H groups in total. The van der Waals surface area contributed by atoms with Crippen molar-refractivity contribution in [2.75, 3.05) is 11.5 Å². The lowest BCUT2D eigenvalue weighted by molar-refractivity contribution is -0.139. The van der Waals surface area contributed by atoms with Gasteiger partial charge in [0.05, 0.1) is 17.6 Å². The molecule has 0 aliphatic carbocycles. The number of sulfone groups is 1. The lowest BCUT2D eigenvalue weighted by atomic mass is 10.1. The summed E-state index contributed by atoms with van der Waals surface area (Å²) < 4.78 is 22.3. The molecule has 0 bridgehead atoms. The van der Waals surface area contributed by atoms with E-state index < -0.39 is 34.0 Å². The second-order valence-corrected chi connectivity index (χ2v) is 5.87. The van der Waals surface area contributed by atoms with E-state index in [1.807, 2.05) is 0 Å².